The molecule has 0 spiro atoms. The van der Waals surface area contributed by atoms with Crippen molar-refractivity contribution in [2.45, 2.75) is 26.3 Å². The average molecular weight is 361 g/mol. The number of benzene rings is 2. The van der Waals surface area contributed by atoms with Crippen LogP contribution in [0.3, 0.4) is 0 Å². The molecule has 138 valence electrons. The lowest BCUT2D eigenvalue weighted by molar-refractivity contribution is -0.132. The molecule has 5 nitrogen and oxygen atoms in total. The van der Waals surface area contributed by atoms with Gasteiger partial charge in [-0.05, 0) is 37.1 Å². The van der Waals surface area contributed by atoms with Gasteiger partial charge in [-0.15, -0.1) is 0 Å². The molecular weight excluding hydrogens is 338 g/mol. The minimum absolute atomic E-state index is 0.0715. The predicted molar refractivity (Wildman–Crippen MR) is 103 cm³/mol. The second-order valence-electron chi connectivity index (χ2n) is 6.99. The molecule has 2 aromatic carbocycles. The molecule has 5 heteroatoms. The van der Waals surface area contributed by atoms with E-state index in [1.165, 1.54) is 0 Å². The van der Waals surface area contributed by atoms with E-state index < -0.39 is 0 Å². The number of carbonyl (C=O) groups excluding carboxylic acids is 2. The maximum Gasteiger partial charge on any atom is 0.254 e. The Labute approximate surface area is 159 Å². The smallest absolute Gasteiger partial charge is 0.254 e. The number of nitrogens with zero attached hydrogens (tertiary/aromatic N) is 3. The number of hydrogen-bond acceptors (Lipinski definition) is 3. The fraction of sp³-hybridized carbons (Fsp3) is 0.318. The molecule has 27 heavy (non-hydrogen) atoms. The van der Waals surface area contributed by atoms with E-state index in [1.807, 2.05) is 49.1 Å². The van der Waals surface area contributed by atoms with Gasteiger partial charge in [-0.2, -0.15) is 5.26 Å². The third-order valence-corrected chi connectivity index (χ3v) is 5.04. The van der Waals surface area contributed by atoms with Gasteiger partial charge in [-0.1, -0.05) is 36.4 Å². The van der Waals surface area contributed by atoms with Crippen molar-refractivity contribution in [2.75, 3.05) is 19.6 Å². The molecule has 1 atom stereocenters. The van der Waals surface area contributed by atoms with E-state index in [4.69, 9.17) is 0 Å². The molecule has 0 saturated carbocycles. The minimum Gasteiger partial charge on any atom is -0.339 e. The van der Waals surface area contributed by atoms with Crippen molar-refractivity contribution in [3.63, 3.8) is 0 Å². The summed E-state index contributed by atoms with van der Waals surface area (Å²) >= 11 is 0. The van der Waals surface area contributed by atoms with E-state index >= 15 is 0 Å². The van der Waals surface area contributed by atoms with Crippen LogP contribution in [0, 0.1) is 18.3 Å². The molecule has 3 rings (SSSR count). The Kier molecular flexibility index (Phi) is 5.56. The monoisotopic (exact) mass is 361 g/mol. The summed E-state index contributed by atoms with van der Waals surface area (Å²) in [5.41, 5.74) is 2.90. The van der Waals surface area contributed by atoms with Gasteiger partial charge in [0.05, 0.1) is 18.1 Å². The van der Waals surface area contributed by atoms with Crippen LogP contribution in [0.4, 0.5) is 0 Å². The highest BCUT2D eigenvalue weighted by Crippen LogP contribution is 2.17. The van der Waals surface area contributed by atoms with Crippen LogP contribution in [0.25, 0.3) is 0 Å². The highest BCUT2D eigenvalue weighted by molar-refractivity contribution is 5.95. The summed E-state index contributed by atoms with van der Waals surface area (Å²) in [5.74, 6) is -0.00332. The molecule has 2 aromatic rings. The number of hydrogen-bond donors (Lipinski definition) is 0. The molecule has 1 aliphatic heterocycles. The van der Waals surface area contributed by atoms with Crippen molar-refractivity contribution >= 4 is 11.8 Å². The van der Waals surface area contributed by atoms with E-state index in [9.17, 15) is 14.9 Å². The molecule has 1 aliphatic rings. The Hall–Kier alpha value is -3.13. The average Bonchev–Trinajstić information content (AvgIpc) is 2.68. The fourth-order valence-corrected chi connectivity index (χ4v) is 3.41. The van der Waals surface area contributed by atoms with Gasteiger partial charge in [0.2, 0.25) is 5.91 Å². The lowest BCUT2D eigenvalue weighted by Gasteiger charge is -2.40. The van der Waals surface area contributed by atoms with Gasteiger partial charge in [0.15, 0.2) is 0 Å². The van der Waals surface area contributed by atoms with Crippen molar-refractivity contribution < 1.29 is 9.59 Å². The van der Waals surface area contributed by atoms with Gasteiger partial charge >= 0.3 is 0 Å². The van der Waals surface area contributed by atoms with E-state index in [0.29, 0.717) is 37.2 Å². The first-order valence-corrected chi connectivity index (χ1v) is 9.13. The number of amides is 2. The van der Waals surface area contributed by atoms with E-state index in [2.05, 4.69) is 6.07 Å². The number of rotatable bonds is 3. The van der Waals surface area contributed by atoms with E-state index in [1.54, 1.807) is 23.1 Å². The normalized spacial score (nSPS) is 16.7. The van der Waals surface area contributed by atoms with Gasteiger partial charge in [-0.3, -0.25) is 9.59 Å². The van der Waals surface area contributed by atoms with E-state index in [-0.39, 0.29) is 17.9 Å². The van der Waals surface area contributed by atoms with Gasteiger partial charge in [0.25, 0.3) is 5.91 Å². The van der Waals surface area contributed by atoms with Gasteiger partial charge in [0, 0.05) is 31.2 Å². The molecule has 0 N–H and O–H groups in total. The third kappa shape index (κ3) is 4.17. The first-order chi connectivity index (χ1) is 13.0. The molecule has 0 aromatic heterocycles. The molecule has 1 saturated heterocycles. The summed E-state index contributed by atoms with van der Waals surface area (Å²) in [4.78, 5) is 29.1. The van der Waals surface area contributed by atoms with Gasteiger partial charge < -0.3 is 9.80 Å². The zero-order chi connectivity index (χ0) is 19.4. The zero-order valence-corrected chi connectivity index (χ0v) is 15.7. The van der Waals surface area contributed by atoms with Crippen LogP contribution in [0.5, 0.6) is 0 Å². The highest BCUT2D eigenvalue weighted by atomic mass is 16.2. The van der Waals surface area contributed by atoms with Crippen LogP contribution in [-0.2, 0) is 11.2 Å². The molecule has 1 heterocycles. The number of nitriles is 1. The van der Waals surface area contributed by atoms with Crippen LogP contribution < -0.4 is 0 Å². The summed E-state index contributed by atoms with van der Waals surface area (Å²) in [6.45, 7) is 5.36. The van der Waals surface area contributed by atoms with Gasteiger partial charge in [0.1, 0.15) is 0 Å². The second kappa shape index (κ2) is 8.05. The molecule has 0 bridgehead atoms. The first-order valence-electron chi connectivity index (χ1n) is 9.13. The van der Waals surface area contributed by atoms with Crippen molar-refractivity contribution in [2.24, 2.45) is 0 Å². The second-order valence-corrected chi connectivity index (χ2v) is 6.99. The van der Waals surface area contributed by atoms with Crippen molar-refractivity contribution in [1.29, 1.82) is 5.26 Å². The standard InChI is InChI=1S/C22H23N3O2/c1-16-8-9-19(13-20(16)14-23)22(27)25-11-10-24(15-17(25)2)21(26)12-18-6-4-3-5-7-18/h3-9,13,17H,10-12,15H2,1-2H3. The van der Waals surface area contributed by atoms with Crippen LogP contribution in [0.2, 0.25) is 0 Å². The topological polar surface area (TPSA) is 64.4 Å². The molecular formula is C22H23N3O2. The Morgan fingerprint density at radius 3 is 2.56 bits per heavy atom. The molecule has 0 aliphatic carbocycles. The van der Waals surface area contributed by atoms with Crippen LogP contribution in [0.15, 0.2) is 48.5 Å². The van der Waals surface area contributed by atoms with Crippen LogP contribution in [-0.4, -0.2) is 47.3 Å². The maximum absolute atomic E-state index is 12.9. The summed E-state index contributed by atoms with van der Waals surface area (Å²) in [5, 5.41) is 9.18. The SMILES string of the molecule is Cc1ccc(C(=O)N2CCN(C(=O)Cc3ccccc3)CC2C)cc1C#N. The predicted octanol–water partition coefficient (Wildman–Crippen LogP) is 2.78. The zero-order valence-electron chi connectivity index (χ0n) is 15.7. The number of carbonyl (C=O) groups is 2. The van der Waals surface area contributed by atoms with Crippen molar-refractivity contribution in [3.05, 3.63) is 70.8 Å². The Morgan fingerprint density at radius 1 is 1.15 bits per heavy atom. The number of aryl methyl sites for hydroxylation is 1. The summed E-state index contributed by atoms with van der Waals surface area (Å²) < 4.78 is 0. The lowest BCUT2D eigenvalue weighted by Crippen LogP contribution is -2.55. The molecule has 0 radical (unpaired) electrons. The quantitative estimate of drug-likeness (QED) is 0.844. The van der Waals surface area contributed by atoms with Crippen molar-refractivity contribution in [3.8, 4) is 6.07 Å². The minimum atomic E-state index is -0.0887. The maximum atomic E-state index is 12.9. The van der Waals surface area contributed by atoms with Crippen LogP contribution >= 0.6 is 0 Å². The van der Waals surface area contributed by atoms with E-state index in [0.717, 1.165) is 11.1 Å². The largest absolute Gasteiger partial charge is 0.339 e. The first kappa shape index (κ1) is 18.7. The van der Waals surface area contributed by atoms with Crippen LogP contribution in [0.1, 0.15) is 34.0 Å². The summed E-state index contributed by atoms with van der Waals surface area (Å²) in [7, 11) is 0. The Balaban J connectivity index is 1.65. The Bertz CT molecular complexity index is 886. The third-order valence-electron chi connectivity index (χ3n) is 5.04. The summed E-state index contributed by atoms with van der Waals surface area (Å²) in [6, 6.07) is 17.0. The lowest BCUT2D eigenvalue weighted by atomic mass is 10.0. The Morgan fingerprint density at radius 2 is 1.89 bits per heavy atom. The fourth-order valence-electron chi connectivity index (χ4n) is 3.41. The molecule has 1 fully saturated rings. The molecule has 1 unspecified atom stereocenters. The summed E-state index contributed by atoms with van der Waals surface area (Å²) in [6.07, 6.45) is 0.380. The highest BCUT2D eigenvalue weighted by Gasteiger charge is 2.30. The number of piperazine rings is 1. The molecule has 2 amide bonds. The van der Waals surface area contributed by atoms with Gasteiger partial charge in [-0.25, -0.2) is 0 Å². The van der Waals surface area contributed by atoms with Crippen molar-refractivity contribution in [1.82, 2.24) is 9.80 Å².